The number of allylic oxidation sites excluding steroid dienone is 1. The Morgan fingerprint density at radius 1 is 0.929 bits per heavy atom. The standard InChI is InChI=1S/C14H28/c1-4-7-9-10-13-14(11-6-3)12-8-5-2/h6,14H,3-5,7-13H2,1-2H3. The molecule has 0 amide bonds. The van der Waals surface area contributed by atoms with Crippen LogP contribution in [0.2, 0.25) is 0 Å². The molecule has 0 aliphatic heterocycles. The number of rotatable bonds is 10. The van der Waals surface area contributed by atoms with Crippen molar-refractivity contribution in [1.82, 2.24) is 0 Å². The van der Waals surface area contributed by atoms with Crippen LogP contribution in [0, 0.1) is 5.92 Å². The third kappa shape index (κ3) is 8.34. The van der Waals surface area contributed by atoms with Crippen LogP contribution in [0.4, 0.5) is 0 Å². The molecular formula is C14H28. The first-order valence-electron chi connectivity index (χ1n) is 6.46. The molecule has 0 nitrogen and oxygen atoms in total. The summed E-state index contributed by atoms with van der Waals surface area (Å²) in [6.45, 7) is 8.41. The zero-order valence-corrected chi connectivity index (χ0v) is 10.2. The van der Waals surface area contributed by atoms with Crippen LogP contribution >= 0.6 is 0 Å². The first-order valence-corrected chi connectivity index (χ1v) is 6.46. The topological polar surface area (TPSA) is 0 Å². The maximum absolute atomic E-state index is 3.85. The summed E-state index contributed by atoms with van der Waals surface area (Å²) in [6.07, 6.45) is 14.5. The summed E-state index contributed by atoms with van der Waals surface area (Å²) in [7, 11) is 0. The molecule has 14 heavy (non-hydrogen) atoms. The van der Waals surface area contributed by atoms with Crippen LogP contribution in [0.3, 0.4) is 0 Å². The summed E-state index contributed by atoms with van der Waals surface area (Å²) in [4.78, 5) is 0. The van der Waals surface area contributed by atoms with Gasteiger partial charge in [-0.05, 0) is 12.3 Å². The minimum atomic E-state index is 0.921. The molecule has 0 aliphatic carbocycles. The predicted octanol–water partition coefficient (Wildman–Crippen LogP) is 5.34. The van der Waals surface area contributed by atoms with Gasteiger partial charge < -0.3 is 0 Å². The van der Waals surface area contributed by atoms with Crippen molar-refractivity contribution in [2.45, 2.75) is 71.6 Å². The lowest BCUT2D eigenvalue weighted by Gasteiger charge is -2.14. The Bertz CT molecular complexity index is 115. The van der Waals surface area contributed by atoms with Gasteiger partial charge >= 0.3 is 0 Å². The molecule has 84 valence electrons. The van der Waals surface area contributed by atoms with E-state index in [0.29, 0.717) is 0 Å². The van der Waals surface area contributed by atoms with Gasteiger partial charge in [0.15, 0.2) is 0 Å². The van der Waals surface area contributed by atoms with E-state index in [2.05, 4.69) is 26.5 Å². The first kappa shape index (κ1) is 13.7. The van der Waals surface area contributed by atoms with Gasteiger partial charge in [-0.25, -0.2) is 0 Å². The van der Waals surface area contributed by atoms with Gasteiger partial charge in [-0.1, -0.05) is 71.3 Å². The third-order valence-electron chi connectivity index (χ3n) is 2.93. The SMILES string of the molecule is C=CCC(CCCC)CCCCCC. The van der Waals surface area contributed by atoms with Crippen molar-refractivity contribution in [2.75, 3.05) is 0 Å². The van der Waals surface area contributed by atoms with Crippen molar-refractivity contribution in [3.05, 3.63) is 12.7 Å². The highest BCUT2D eigenvalue weighted by atomic mass is 14.1. The van der Waals surface area contributed by atoms with Crippen LogP contribution in [0.1, 0.15) is 71.6 Å². The van der Waals surface area contributed by atoms with Gasteiger partial charge in [-0.2, -0.15) is 0 Å². The maximum atomic E-state index is 3.85. The quantitative estimate of drug-likeness (QED) is 0.327. The average Bonchev–Trinajstić information content (AvgIpc) is 2.20. The lowest BCUT2D eigenvalue weighted by Crippen LogP contribution is -1.99. The van der Waals surface area contributed by atoms with Crippen molar-refractivity contribution in [3.63, 3.8) is 0 Å². The maximum Gasteiger partial charge on any atom is -0.0325 e. The Balaban J connectivity index is 3.45. The van der Waals surface area contributed by atoms with Crippen LogP contribution in [-0.2, 0) is 0 Å². The van der Waals surface area contributed by atoms with Gasteiger partial charge in [0.2, 0.25) is 0 Å². The lowest BCUT2D eigenvalue weighted by molar-refractivity contribution is 0.416. The van der Waals surface area contributed by atoms with Gasteiger partial charge in [-0.15, -0.1) is 6.58 Å². The molecular weight excluding hydrogens is 168 g/mol. The third-order valence-corrected chi connectivity index (χ3v) is 2.93. The molecule has 0 spiro atoms. The highest BCUT2D eigenvalue weighted by Crippen LogP contribution is 2.20. The van der Waals surface area contributed by atoms with E-state index in [1.165, 1.54) is 57.8 Å². The average molecular weight is 196 g/mol. The molecule has 0 rings (SSSR count). The molecule has 0 heteroatoms. The highest BCUT2D eigenvalue weighted by Gasteiger charge is 2.05. The molecule has 0 aromatic carbocycles. The van der Waals surface area contributed by atoms with Crippen molar-refractivity contribution >= 4 is 0 Å². The molecule has 0 fully saturated rings. The van der Waals surface area contributed by atoms with E-state index in [0.717, 1.165) is 5.92 Å². The zero-order chi connectivity index (χ0) is 10.6. The van der Waals surface area contributed by atoms with Gasteiger partial charge in [-0.3, -0.25) is 0 Å². The molecule has 1 atom stereocenters. The minimum absolute atomic E-state index is 0.921. The van der Waals surface area contributed by atoms with Crippen molar-refractivity contribution in [3.8, 4) is 0 Å². The highest BCUT2D eigenvalue weighted by molar-refractivity contribution is 4.73. The lowest BCUT2D eigenvalue weighted by atomic mass is 9.92. The molecule has 0 bridgehead atoms. The molecule has 0 saturated heterocycles. The fraction of sp³-hybridized carbons (Fsp3) is 0.857. The first-order chi connectivity index (χ1) is 6.85. The monoisotopic (exact) mass is 196 g/mol. The van der Waals surface area contributed by atoms with Crippen LogP contribution in [0.25, 0.3) is 0 Å². The fourth-order valence-corrected chi connectivity index (χ4v) is 1.97. The Morgan fingerprint density at radius 3 is 2.14 bits per heavy atom. The summed E-state index contributed by atoms with van der Waals surface area (Å²) >= 11 is 0. The predicted molar refractivity (Wildman–Crippen MR) is 66.6 cm³/mol. The van der Waals surface area contributed by atoms with E-state index in [1.54, 1.807) is 0 Å². The van der Waals surface area contributed by atoms with Crippen molar-refractivity contribution in [1.29, 1.82) is 0 Å². The molecule has 0 aromatic heterocycles. The molecule has 0 N–H and O–H groups in total. The van der Waals surface area contributed by atoms with E-state index in [4.69, 9.17) is 0 Å². The smallest absolute Gasteiger partial charge is 0.0325 e. The summed E-state index contributed by atoms with van der Waals surface area (Å²) in [5.74, 6) is 0.921. The number of hydrogen-bond acceptors (Lipinski definition) is 0. The Kier molecular flexibility index (Phi) is 10.6. The molecule has 0 aromatic rings. The van der Waals surface area contributed by atoms with Crippen molar-refractivity contribution in [2.24, 2.45) is 5.92 Å². The Labute approximate surface area is 90.8 Å². The second kappa shape index (κ2) is 10.8. The number of hydrogen-bond donors (Lipinski definition) is 0. The van der Waals surface area contributed by atoms with Gasteiger partial charge in [0, 0.05) is 0 Å². The van der Waals surface area contributed by atoms with Crippen molar-refractivity contribution < 1.29 is 0 Å². The van der Waals surface area contributed by atoms with Gasteiger partial charge in [0.05, 0.1) is 0 Å². The normalized spacial score (nSPS) is 12.7. The molecule has 0 saturated carbocycles. The second-order valence-corrected chi connectivity index (χ2v) is 4.38. The number of unbranched alkanes of at least 4 members (excludes halogenated alkanes) is 4. The van der Waals surface area contributed by atoms with E-state index < -0.39 is 0 Å². The van der Waals surface area contributed by atoms with Crippen LogP contribution in [0.15, 0.2) is 12.7 Å². The Hall–Kier alpha value is -0.260. The zero-order valence-electron chi connectivity index (χ0n) is 10.2. The largest absolute Gasteiger partial charge is 0.103 e. The summed E-state index contributed by atoms with van der Waals surface area (Å²) in [6, 6.07) is 0. The van der Waals surface area contributed by atoms with E-state index in [9.17, 15) is 0 Å². The van der Waals surface area contributed by atoms with Crippen LogP contribution in [-0.4, -0.2) is 0 Å². The Morgan fingerprint density at radius 2 is 1.57 bits per heavy atom. The van der Waals surface area contributed by atoms with Crippen LogP contribution < -0.4 is 0 Å². The minimum Gasteiger partial charge on any atom is -0.103 e. The second-order valence-electron chi connectivity index (χ2n) is 4.38. The van der Waals surface area contributed by atoms with Gasteiger partial charge in [0.1, 0.15) is 0 Å². The van der Waals surface area contributed by atoms with Gasteiger partial charge in [0.25, 0.3) is 0 Å². The van der Waals surface area contributed by atoms with E-state index in [1.807, 2.05) is 0 Å². The summed E-state index contributed by atoms with van der Waals surface area (Å²) in [5, 5.41) is 0. The van der Waals surface area contributed by atoms with Crippen LogP contribution in [0.5, 0.6) is 0 Å². The molecule has 0 aliphatic rings. The summed E-state index contributed by atoms with van der Waals surface area (Å²) in [5.41, 5.74) is 0. The summed E-state index contributed by atoms with van der Waals surface area (Å²) < 4.78 is 0. The molecule has 1 unspecified atom stereocenters. The molecule has 0 heterocycles. The molecule has 0 radical (unpaired) electrons. The fourth-order valence-electron chi connectivity index (χ4n) is 1.97. The van der Waals surface area contributed by atoms with E-state index >= 15 is 0 Å². The van der Waals surface area contributed by atoms with E-state index in [-0.39, 0.29) is 0 Å².